The first-order valence-corrected chi connectivity index (χ1v) is 17.5. The number of hydrogen-bond donors (Lipinski definition) is 0. The second-order valence-electron chi connectivity index (χ2n) is 14.4. The van der Waals surface area contributed by atoms with E-state index in [9.17, 15) is 0 Å². The molecular weight excluding hydrogens is 605 g/mol. The molecule has 0 fully saturated rings. The van der Waals surface area contributed by atoms with Gasteiger partial charge in [0.2, 0.25) is 0 Å². The van der Waals surface area contributed by atoms with Gasteiger partial charge in [0.25, 0.3) is 0 Å². The molecule has 7 aromatic carbocycles. The molecule has 2 aliphatic carbocycles. The molecule has 50 heavy (non-hydrogen) atoms. The number of nitrogens with zero attached hydrogens (tertiary/aromatic N) is 2. The first-order valence-electron chi connectivity index (χ1n) is 17.5. The smallest absolute Gasteiger partial charge is 0.0787 e. The summed E-state index contributed by atoms with van der Waals surface area (Å²) in [5.74, 6) is 0. The van der Waals surface area contributed by atoms with Gasteiger partial charge >= 0.3 is 0 Å². The summed E-state index contributed by atoms with van der Waals surface area (Å²) in [6.07, 6.45) is 2.05. The number of hydrogen-bond acceptors (Lipinski definition) is 1. The highest BCUT2D eigenvalue weighted by Crippen LogP contribution is 2.52. The third-order valence-electron chi connectivity index (χ3n) is 11.4. The second-order valence-corrected chi connectivity index (χ2v) is 14.4. The second kappa shape index (κ2) is 9.90. The largest absolute Gasteiger partial charge is 0.309 e. The maximum Gasteiger partial charge on any atom is 0.0787 e. The molecule has 0 spiro atoms. The van der Waals surface area contributed by atoms with Gasteiger partial charge in [-0.25, -0.2) is 0 Å². The molecule has 0 amide bonds. The molecule has 2 heterocycles. The predicted molar refractivity (Wildman–Crippen MR) is 209 cm³/mol. The maximum atomic E-state index is 5.15. The molecule has 0 N–H and O–H groups in total. The number of rotatable bonds is 3. The summed E-state index contributed by atoms with van der Waals surface area (Å²) in [5, 5.41) is 4.95. The summed E-state index contributed by atoms with van der Waals surface area (Å²) in [5.41, 5.74) is 18.7. The van der Waals surface area contributed by atoms with Crippen molar-refractivity contribution in [3.63, 3.8) is 0 Å². The first kappa shape index (κ1) is 27.7. The molecule has 2 aromatic heterocycles. The van der Waals surface area contributed by atoms with Gasteiger partial charge in [-0.05, 0) is 92.5 Å². The number of benzene rings is 7. The van der Waals surface area contributed by atoms with E-state index in [1.807, 2.05) is 6.20 Å². The average molecular weight is 637 g/mol. The first-order chi connectivity index (χ1) is 24.6. The Labute approximate surface area is 290 Å². The molecule has 2 heteroatoms. The Morgan fingerprint density at radius 1 is 0.480 bits per heavy atom. The Morgan fingerprint density at radius 3 is 1.92 bits per heavy atom. The van der Waals surface area contributed by atoms with Crippen molar-refractivity contribution >= 4 is 32.6 Å². The predicted octanol–water partition coefficient (Wildman–Crippen LogP) is 12.6. The minimum atomic E-state index is -0.0446. The molecule has 2 nitrogen and oxygen atoms in total. The fraction of sp³-hybridized carbons (Fsp3) is 0.0625. The summed E-state index contributed by atoms with van der Waals surface area (Å²) in [6, 6.07) is 55.9. The molecule has 0 unspecified atom stereocenters. The van der Waals surface area contributed by atoms with Gasteiger partial charge in [0.05, 0.1) is 16.7 Å². The lowest BCUT2D eigenvalue weighted by Crippen LogP contribution is -2.14. The van der Waals surface area contributed by atoms with Crippen LogP contribution in [0.3, 0.4) is 0 Å². The van der Waals surface area contributed by atoms with Crippen LogP contribution in [0.5, 0.6) is 0 Å². The Hall–Kier alpha value is -6.25. The summed E-state index contributed by atoms with van der Waals surface area (Å²) < 4.78 is 2.40. The van der Waals surface area contributed by atoms with Gasteiger partial charge in [-0.15, -0.1) is 0 Å². The molecule has 0 aliphatic heterocycles. The normalized spacial score (nSPS) is 13.6. The van der Waals surface area contributed by atoms with Gasteiger partial charge in [-0.2, -0.15) is 0 Å². The van der Waals surface area contributed by atoms with Crippen LogP contribution in [0.15, 0.2) is 158 Å². The Bertz CT molecular complexity index is 2890. The number of aromatic nitrogens is 2. The van der Waals surface area contributed by atoms with Crippen molar-refractivity contribution in [2.75, 3.05) is 0 Å². The van der Waals surface area contributed by atoms with E-state index in [2.05, 4.69) is 170 Å². The van der Waals surface area contributed by atoms with Gasteiger partial charge in [0.15, 0.2) is 0 Å². The van der Waals surface area contributed by atoms with Crippen LogP contribution in [-0.2, 0) is 5.41 Å². The highest BCUT2D eigenvalue weighted by molar-refractivity contribution is 6.19. The zero-order chi connectivity index (χ0) is 33.1. The third-order valence-corrected chi connectivity index (χ3v) is 11.4. The van der Waals surface area contributed by atoms with Crippen molar-refractivity contribution in [3.8, 4) is 61.5 Å². The summed E-state index contributed by atoms with van der Waals surface area (Å²) in [6.45, 7) is 4.71. The van der Waals surface area contributed by atoms with Crippen LogP contribution in [0.4, 0.5) is 0 Å². The fourth-order valence-electron chi connectivity index (χ4n) is 9.00. The van der Waals surface area contributed by atoms with E-state index in [-0.39, 0.29) is 5.41 Å². The highest BCUT2D eigenvalue weighted by atomic mass is 15.0. The van der Waals surface area contributed by atoms with E-state index < -0.39 is 0 Å². The molecule has 11 rings (SSSR count). The fourth-order valence-corrected chi connectivity index (χ4v) is 9.00. The molecule has 9 aromatic rings. The topological polar surface area (TPSA) is 17.8 Å². The molecule has 0 saturated carbocycles. The minimum Gasteiger partial charge on any atom is -0.309 e. The van der Waals surface area contributed by atoms with Crippen molar-refractivity contribution in [3.05, 3.63) is 169 Å². The molecular formula is C48H32N2. The van der Waals surface area contributed by atoms with E-state index in [0.29, 0.717) is 0 Å². The van der Waals surface area contributed by atoms with E-state index in [1.165, 1.54) is 88.2 Å². The van der Waals surface area contributed by atoms with Crippen LogP contribution in [0.2, 0.25) is 0 Å². The molecule has 0 bridgehead atoms. The zero-order valence-electron chi connectivity index (χ0n) is 27.9. The highest BCUT2D eigenvalue weighted by Gasteiger charge is 2.35. The van der Waals surface area contributed by atoms with Gasteiger partial charge < -0.3 is 4.57 Å². The Morgan fingerprint density at radius 2 is 1.10 bits per heavy atom. The van der Waals surface area contributed by atoms with Gasteiger partial charge in [0.1, 0.15) is 0 Å². The molecule has 2 aliphatic rings. The molecule has 0 saturated heterocycles. The molecule has 0 radical (unpaired) electrons. The van der Waals surface area contributed by atoms with Crippen molar-refractivity contribution in [2.45, 2.75) is 19.3 Å². The van der Waals surface area contributed by atoms with Crippen molar-refractivity contribution in [2.24, 2.45) is 0 Å². The van der Waals surface area contributed by atoms with Crippen LogP contribution < -0.4 is 0 Å². The quantitative estimate of drug-likeness (QED) is 0.189. The van der Waals surface area contributed by atoms with E-state index in [1.54, 1.807) is 0 Å². The van der Waals surface area contributed by atoms with Gasteiger partial charge in [0, 0.05) is 50.0 Å². The van der Waals surface area contributed by atoms with Gasteiger partial charge in [-0.3, -0.25) is 4.98 Å². The van der Waals surface area contributed by atoms with Crippen LogP contribution in [-0.4, -0.2) is 9.55 Å². The van der Waals surface area contributed by atoms with Crippen LogP contribution in [0.1, 0.15) is 25.0 Å². The van der Waals surface area contributed by atoms with Crippen LogP contribution >= 0.6 is 0 Å². The minimum absolute atomic E-state index is 0.0446. The third kappa shape index (κ3) is 3.65. The Kier molecular flexibility index (Phi) is 5.48. The summed E-state index contributed by atoms with van der Waals surface area (Å²) in [4.78, 5) is 5.15. The maximum absolute atomic E-state index is 5.15. The SMILES string of the molecule is CC1(C)c2ccccc2-c2ccc(-c3ccc4c(c3)c3cc(-c5ncc6cccc7c6c5-c5ccccc5-7)ccc3n4-c3ccccc3)cc21. The van der Waals surface area contributed by atoms with Gasteiger partial charge in [-0.1, -0.05) is 123 Å². The average Bonchev–Trinajstić information content (AvgIpc) is 3.76. The zero-order valence-corrected chi connectivity index (χ0v) is 27.9. The van der Waals surface area contributed by atoms with E-state index in [0.717, 1.165) is 16.9 Å². The van der Waals surface area contributed by atoms with Crippen molar-refractivity contribution in [1.82, 2.24) is 9.55 Å². The number of fused-ring (bicyclic) bond motifs is 9. The van der Waals surface area contributed by atoms with Crippen molar-refractivity contribution < 1.29 is 0 Å². The summed E-state index contributed by atoms with van der Waals surface area (Å²) >= 11 is 0. The molecule has 0 atom stereocenters. The lowest BCUT2D eigenvalue weighted by molar-refractivity contribution is 0.660. The van der Waals surface area contributed by atoms with Crippen LogP contribution in [0.25, 0.3) is 94.0 Å². The monoisotopic (exact) mass is 636 g/mol. The summed E-state index contributed by atoms with van der Waals surface area (Å²) in [7, 11) is 0. The molecule has 234 valence electrons. The van der Waals surface area contributed by atoms with E-state index >= 15 is 0 Å². The number of para-hydroxylation sites is 1. The lowest BCUT2D eigenvalue weighted by Gasteiger charge is -2.22. The Balaban J connectivity index is 1.14. The van der Waals surface area contributed by atoms with Crippen molar-refractivity contribution in [1.29, 1.82) is 0 Å². The van der Waals surface area contributed by atoms with Crippen LogP contribution in [0, 0.1) is 0 Å². The van der Waals surface area contributed by atoms with E-state index in [4.69, 9.17) is 4.98 Å². The lowest BCUT2D eigenvalue weighted by atomic mass is 9.81. The number of pyridine rings is 1. The standard InChI is InChI=1S/C48H32N2/c1-48(2)41-18-9-8-15-35(41)36-22-19-30(27-42(36)48)29-20-23-43-39(25-29)40-26-31(21-24-44(40)50(43)33-12-4-3-5-13-33)47-46-38-16-7-6-14-34(38)37-17-10-11-32(28-49-47)45(37)46/h3-28H,1-2H3.